The number of hydrogen-bond donors (Lipinski definition) is 1. The maximum absolute atomic E-state index is 5.87. The maximum atomic E-state index is 5.87. The Morgan fingerprint density at radius 1 is 1.41 bits per heavy atom. The summed E-state index contributed by atoms with van der Waals surface area (Å²) in [6.07, 6.45) is 4.59. The van der Waals surface area contributed by atoms with Gasteiger partial charge in [-0.15, -0.1) is 0 Å². The first kappa shape index (κ1) is 10.8. The van der Waals surface area contributed by atoms with Crippen LogP contribution in [-0.2, 0) is 6.42 Å². The molecule has 1 aromatic heterocycles. The fraction of sp³-hybridized carbons (Fsp3) is 0.500. The molecule has 0 saturated heterocycles. The van der Waals surface area contributed by atoms with Crippen LogP contribution in [0.15, 0.2) is 22.6 Å². The number of nitrogens with zero attached hydrogens (tertiary/aromatic N) is 1. The van der Waals surface area contributed by atoms with Crippen molar-refractivity contribution in [3.63, 3.8) is 0 Å². The third-order valence-electron chi connectivity index (χ3n) is 3.96. The van der Waals surface area contributed by atoms with Crippen LogP contribution in [0, 0.1) is 12.3 Å². The van der Waals surface area contributed by atoms with Crippen molar-refractivity contribution in [3.8, 4) is 0 Å². The standard InChI is InChI=1S/C14H18N2O/c1-10-3-4-12-11(7-10)16-13(17-12)8-14(9-15)5-2-6-14/h3-4,7H,2,5-6,8-9,15H2,1H3. The highest BCUT2D eigenvalue weighted by Gasteiger charge is 2.37. The fourth-order valence-electron chi connectivity index (χ4n) is 2.61. The van der Waals surface area contributed by atoms with Gasteiger partial charge in [-0.1, -0.05) is 12.5 Å². The van der Waals surface area contributed by atoms with Gasteiger partial charge in [0.05, 0.1) is 0 Å². The Balaban J connectivity index is 1.90. The second-order valence-corrected chi connectivity index (χ2v) is 5.31. The van der Waals surface area contributed by atoms with Gasteiger partial charge in [0, 0.05) is 6.42 Å². The lowest BCUT2D eigenvalue weighted by molar-refractivity contribution is 0.134. The van der Waals surface area contributed by atoms with Crippen LogP contribution in [0.25, 0.3) is 11.1 Å². The minimum Gasteiger partial charge on any atom is -0.441 e. The number of benzene rings is 1. The average Bonchev–Trinajstić information content (AvgIpc) is 2.65. The predicted octanol–water partition coefficient (Wildman–Crippen LogP) is 2.81. The Hall–Kier alpha value is -1.35. The molecule has 3 nitrogen and oxygen atoms in total. The summed E-state index contributed by atoms with van der Waals surface area (Å²) >= 11 is 0. The summed E-state index contributed by atoms with van der Waals surface area (Å²) in [4.78, 5) is 4.57. The van der Waals surface area contributed by atoms with Crippen LogP contribution < -0.4 is 5.73 Å². The normalized spacial score (nSPS) is 18.2. The highest BCUT2D eigenvalue weighted by Crippen LogP contribution is 2.42. The van der Waals surface area contributed by atoms with Gasteiger partial charge in [0.2, 0.25) is 0 Å². The summed E-state index contributed by atoms with van der Waals surface area (Å²) in [6.45, 7) is 2.81. The van der Waals surface area contributed by atoms with Gasteiger partial charge in [0.15, 0.2) is 11.5 Å². The SMILES string of the molecule is Cc1ccc2oc(CC3(CN)CCC3)nc2c1. The largest absolute Gasteiger partial charge is 0.441 e. The van der Waals surface area contributed by atoms with Crippen molar-refractivity contribution < 1.29 is 4.42 Å². The molecule has 1 heterocycles. The minimum absolute atomic E-state index is 0.260. The predicted molar refractivity (Wildman–Crippen MR) is 67.8 cm³/mol. The molecular formula is C14H18N2O. The van der Waals surface area contributed by atoms with Gasteiger partial charge in [-0.05, 0) is 49.4 Å². The van der Waals surface area contributed by atoms with Gasteiger partial charge in [0.1, 0.15) is 5.52 Å². The molecule has 1 aromatic carbocycles. The number of hydrogen-bond acceptors (Lipinski definition) is 3. The molecule has 1 aliphatic carbocycles. The van der Waals surface area contributed by atoms with Gasteiger partial charge in [-0.25, -0.2) is 4.98 Å². The number of nitrogens with two attached hydrogens (primary N) is 1. The molecule has 0 radical (unpaired) electrons. The first-order chi connectivity index (χ1) is 8.21. The highest BCUT2D eigenvalue weighted by atomic mass is 16.3. The van der Waals surface area contributed by atoms with E-state index in [0.717, 1.165) is 30.0 Å². The summed E-state index contributed by atoms with van der Waals surface area (Å²) in [5.74, 6) is 0.843. The second kappa shape index (κ2) is 3.84. The van der Waals surface area contributed by atoms with E-state index in [2.05, 4.69) is 24.0 Å². The highest BCUT2D eigenvalue weighted by molar-refractivity contribution is 5.73. The van der Waals surface area contributed by atoms with Crippen molar-refractivity contribution in [2.24, 2.45) is 11.1 Å². The van der Waals surface area contributed by atoms with E-state index >= 15 is 0 Å². The Morgan fingerprint density at radius 3 is 2.88 bits per heavy atom. The molecule has 0 bridgehead atoms. The molecule has 1 saturated carbocycles. The molecule has 3 rings (SSSR count). The van der Waals surface area contributed by atoms with Crippen LogP contribution in [0.3, 0.4) is 0 Å². The molecule has 2 N–H and O–H groups in total. The van der Waals surface area contributed by atoms with Gasteiger partial charge < -0.3 is 10.2 Å². The summed E-state index contributed by atoms with van der Waals surface area (Å²) in [5, 5.41) is 0. The Labute approximate surface area is 101 Å². The van der Waals surface area contributed by atoms with Crippen molar-refractivity contribution in [1.29, 1.82) is 0 Å². The first-order valence-corrected chi connectivity index (χ1v) is 6.27. The van der Waals surface area contributed by atoms with E-state index in [1.807, 2.05) is 6.07 Å². The number of oxazole rings is 1. The molecule has 1 aliphatic rings. The Bertz CT molecular complexity index is 535. The van der Waals surface area contributed by atoms with Crippen LogP contribution in [-0.4, -0.2) is 11.5 Å². The number of aromatic nitrogens is 1. The molecule has 0 spiro atoms. The van der Waals surface area contributed by atoms with Crippen LogP contribution in [0.2, 0.25) is 0 Å². The van der Waals surface area contributed by atoms with Gasteiger partial charge >= 0.3 is 0 Å². The summed E-state index contributed by atoms with van der Waals surface area (Å²) in [6, 6.07) is 6.12. The van der Waals surface area contributed by atoms with E-state index < -0.39 is 0 Å². The molecule has 3 heteroatoms. The molecule has 0 atom stereocenters. The maximum Gasteiger partial charge on any atom is 0.196 e. The molecule has 17 heavy (non-hydrogen) atoms. The van der Waals surface area contributed by atoms with E-state index in [-0.39, 0.29) is 5.41 Å². The molecule has 2 aromatic rings. The van der Waals surface area contributed by atoms with Crippen LogP contribution in [0.1, 0.15) is 30.7 Å². The van der Waals surface area contributed by atoms with Crippen LogP contribution in [0.5, 0.6) is 0 Å². The Kier molecular flexibility index (Phi) is 2.44. The third kappa shape index (κ3) is 1.84. The van der Waals surface area contributed by atoms with Gasteiger partial charge in [0.25, 0.3) is 0 Å². The van der Waals surface area contributed by atoms with Crippen molar-refractivity contribution in [2.75, 3.05) is 6.54 Å². The molecule has 1 fully saturated rings. The van der Waals surface area contributed by atoms with E-state index in [1.54, 1.807) is 0 Å². The lowest BCUT2D eigenvalue weighted by Crippen LogP contribution is -2.39. The summed E-state index contributed by atoms with van der Waals surface area (Å²) in [5.41, 5.74) is 9.19. The molecule has 0 aliphatic heterocycles. The van der Waals surface area contributed by atoms with E-state index in [9.17, 15) is 0 Å². The zero-order valence-corrected chi connectivity index (χ0v) is 10.2. The number of aryl methyl sites for hydroxylation is 1. The second-order valence-electron chi connectivity index (χ2n) is 5.31. The minimum atomic E-state index is 0.260. The zero-order chi connectivity index (χ0) is 11.9. The smallest absolute Gasteiger partial charge is 0.196 e. The van der Waals surface area contributed by atoms with Crippen molar-refractivity contribution >= 4 is 11.1 Å². The molecule has 90 valence electrons. The van der Waals surface area contributed by atoms with Crippen molar-refractivity contribution in [2.45, 2.75) is 32.6 Å². The van der Waals surface area contributed by atoms with Crippen LogP contribution in [0.4, 0.5) is 0 Å². The lowest BCUT2D eigenvalue weighted by atomic mass is 9.67. The topological polar surface area (TPSA) is 52.0 Å². The van der Waals surface area contributed by atoms with Crippen LogP contribution >= 0.6 is 0 Å². The molecular weight excluding hydrogens is 212 g/mol. The average molecular weight is 230 g/mol. The fourth-order valence-corrected chi connectivity index (χ4v) is 2.61. The zero-order valence-electron chi connectivity index (χ0n) is 10.2. The van der Waals surface area contributed by atoms with Gasteiger partial charge in [-0.3, -0.25) is 0 Å². The van der Waals surface area contributed by atoms with E-state index in [4.69, 9.17) is 10.2 Å². The van der Waals surface area contributed by atoms with Gasteiger partial charge in [-0.2, -0.15) is 0 Å². The van der Waals surface area contributed by atoms with Crippen molar-refractivity contribution in [1.82, 2.24) is 4.98 Å². The van der Waals surface area contributed by atoms with E-state index in [1.165, 1.54) is 24.8 Å². The third-order valence-corrected chi connectivity index (χ3v) is 3.96. The van der Waals surface area contributed by atoms with E-state index in [0.29, 0.717) is 0 Å². The summed E-state index contributed by atoms with van der Waals surface area (Å²) in [7, 11) is 0. The molecule has 0 unspecified atom stereocenters. The summed E-state index contributed by atoms with van der Waals surface area (Å²) < 4.78 is 5.79. The van der Waals surface area contributed by atoms with Crippen molar-refractivity contribution in [3.05, 3.63) is 29.7 Å². The molecule has 0 amide bonds. The number of rotatable bonds is 3. The lowest BCUT2D eigenvalue weighted by Gasteiger charge is -2.39. The Morgan fingerprint density at radius 2 is 2.24 bits per heavy atom. The number of fused-ring (bicyclic) bond motifs is 1. The first-order valence-electron chi connectivity index (χ1n) is 6.27. The quantitative estimate of drug-likeness (QED) is 0.882. The monoisotopic (exact) mass is 230 g/mol.